The Morgan fingerprint density at radius 3 is 2.41 bits per heavy atom. The largest absolute Gasteiger partial charge is 0.417 e. The van der Waals surface area contributed by atoms with Gasteiger partial charge in [0, 0.05) is 30.5 Å². The first-order valence-electron chi connectivity index (χ1n) is 9.21. The summed E-state index contributed by atoms with van der Waals surface area (Å²) in [7, 11) is 1.26. The van der Waals surface area contributed by atoms with Crippen molar-refractivity contribution >= 4 is 46.8 Å². The Kier molecular flexibility index (Phi) is 8.71. The van der Waals surface area contributed by atoms with Crippen LogP contribution < -0.4 is 10.5 Å². The fourth-order valence-electron chi connectivity index (χ4n) is 3.07. The number of nitrogens with zero attached hydrogens (tertiary/aromatic N) is 1. The molecule has 0 heterocycles. The third-order valence-electron chi connectivity index (χ3n) is 4.69. The minimum Gasteiger partial charge on any atom is -0.332 e. The van der Waals surface area contributed by atoms with Gasteiger partial charge in [0.25, 0.3) is 5.91 Å². The van der Waals surface area contributed by atoms with E-state index in [-0.39, 0.29) is 28.3 Å². The van der Waals surface area contributed by atoms with Crippen molar-refractivity contribution in [1.29, 1.82) is 0 Å². The second kappa shape index (κ2) is 10.7. The maximum atomic E-state index is 13.4. The molecule has 1 aliphatic rings. The summed E-state index contributed by atoms with van der Waals surface area (Å²) in [6.45, 7) is -0.528. The number of carbonyl (C=O) groups excluding carboxylic acids is 3. The minimum absolute atomic E-state index is 0.0190. The molecule has 13 heteroatoms. The van der Waals surface area contributed by atoms with Gasteiger partial charge in [-0.15, -0.1) is 0 Å². The third-order valence-corrected chi connectivity index (χ3v) is 6.09. The Morgan fingerprint density at radius 1 is 1.25 bits per heavy atom. The van der Waals surface area contributed by atoms with Gasteiger partial charge in [-0.2, -0.15) is 13.2 Å². The molecular weight excluding hydrogens is 477 g/mol. The van der Waals surface area contributed by atoms with Crippen LogP contribution in [0.15, 0.2) is 33.6 Å². The summed E-state index contributed by atoms with van der Waals surface area (Å²) in [5.74, 6) is -4.32. The normalized spacial score (nSPS) is 15.8. The number of likely N-dealkylation sites (N-methyl/N-ethyl adjacent to an activating group) is 1. The van der Waals surface area contributed by atoms with E-state index in [2.05, 4.69) is 5.32 Å². The number of allylic oxidation sites excluding steroid dienone is 1. The highest BCUT2D eigenvalue weighted by Gasteiger charge is 2.35. The number of alkyl halides is 5. The van der Waals surface area contributed by atoms with Gasteiger partial charge < -0.3 is 10.2 Å². The molecule has 0 unspecified atom stereocenters. The number of anilines is 1. The van der Waals surface area contributed by atoms with Crippen LogP contribution in [0.5, 0.6) is 0 Å². The Bertz CT molecular complexity index is 910. The maximum Gasteiger partial charge on any atom is 0.417 e. The van der Waals surface area contributed by atoms with E-state index >= 15 is 0 Å². The zero-order valence-corrected chi connectivity index (χ0v) is 18.4. The van der Waals surface area contributed by atoms with E-state index in [1.165, 1.54) is 13.1 Å². The van der Waals surface area contributed by atoms with E-state index in [0.29, 0.717) is 34.9 Å². The van der Waals surface area contributed by atoms with Gasteiger partial charge >= 0.3 is 6.18 Å². The van der Waals surface area contributed by atoms with Gasteiger partial charge in [-0.1, -0.05) is 5.57 Å². The standard InChI is InChI=1S/C19H20F5N3O3S2/c1-27(17(30)16(31-10-28)11-4-6-18(20,21)7-5-11)9-15(29)26-12-2-3-14(32-25)13(8-12)19(22,23)24/h2-3,8,10H,4-7,9,25H2,1H3,(H,26,29). The third kappa shape index (κ3) is 6.94. The maximum absolute atomic E-state index is 13.4. The van der Waals surface area contributed by atoms with Crippen LogP contribution in [-0.4, -0.2) is 41.8 Å². The van der Waals surface area contributed by atoms with Crippen molar-refractivity contribution < 1.29 is 36.3 Å². The molecule has 0 bridgehead atoms. The summed E-state index contributed by atoms with van der Waals surface area (Å²) in [5, 5.41) is 7.52. The molecule has 0 radical (unpaired) electrons. The molecule has 1 fully saturated rings. The molecule has 2 rings (SSSR count). The Hall–Kier alpha value is -2.12. The number of nitrogens with two attached hydrogens (primary N) is 1. The lowest BCUT2D eigenvalue weighted by molar-refractivity contribution is -0.139. The lowest BCUT2D eigenvalue weighted by Crippen LogP contribution is -2.36. The molecule has 0 atom stereocenters. The molecule has 0 spiro atoms. The van der Waals surface area contributed by atoms with Crippen LogP contribution in [0, 0.1) is 0 Å². The van der Waals surface area contributed by atoms with Crippen molar-refractivity contribution in [3.63, 3.8) is 0 Å². The van der Waals surface area contributed by atoms with Crippen molar-refractivity contribution in [2.24, 2.45) is 5.14 Å². The van der Waals surface area contributed by atoms with E-state index in [4.69, 9.17) is 5.14 Å². The Labute approximate surface area is 189 Å². The summed E-state index contributed by atoms with van der Waals surface area (Å²) in [5.41, 5.74) is -0.349. The molecule has 6 nitrogen and oxygen atoms in total. The first kappa shape index (κ1) is 26.1. The fraction of sp³-hybridized carbons (Fsp3) is 0.421. The average Bonchev–Trinajstić information content (AvgIpc) is 2.71. The molecule has 32 heavy (non-hydrogen) atoms. The number of benzene rings is 1. The molecule has 0 aliphatic heterocycles. The van der Waals surface area contributed by atoms with Gasteiger partial charge in [0.2, 0.25) is 11.8 Å². The van der Waals surface area contributed by atoms with Gasteiger partial charge in [0.15, 0.2) is 5.62 Å². The van der Waals surface area contributed by atoms with Gasteiger partial charge in [-0.25, -0.2) is 8.78 Å². The van der Waals surface area contributed by atoms with E-state index in [1.54, 1.807) is 0 Å². The number of halogens is 5. The number of hydrogen-bond donors (Lipinski definition) is 2. The molecule has 0 aromatic heterocycles. The predicted octanol–water partition coefficient (Wildman–Crippen LogP) is 4.45. The van der Waals surface area contributed by atoms with E-state index in [9.17, 15) is 36.3 Å². The zero-order valence-electron chi connectivity index (χ0n) is 16.8. The topological polar surface area (TPSA) is 92.5 Å². The number of thioether (sulfide) groups is 1. The summed E-state index contributed by atoms with van der Waals surface area (Å²) < 4.78 is 66.2. The molecule has 1 aromatic carbocycles. The average molecular weight is 498 g/mol. The molecule has 3 N–H and O–H groups in total. The molecule has 1 aliphatic carbocycles. The second-order valence-corrected chi connectivity index (χ2v) is 8.55. The molecular formula is C19H20F5N3O3S2. The molecule has 2 amide bonds. The highest BCUT2D eigenvalue weighted by atomic mass is 32.2. The quantitative estimate of drug-likeness (QED) is 0.250. The monoisotopic (exact) mass is 497 g/mol. The molecule has 1 saturated carbocycles. The van der Waals surface area contributed by atoms with Crippen LogP contribution in [0.25, 0.3) is 0 Å². The smallest absolute Gasteiger partial charge is 0.332 e. The first-order chi connectivity index (χ1) is 14.9. The van der Waals surface area contributed by atoms with Crippen LogP contribution in [0.2, 0.25) is 0 Å². The SMILES string of the molecule is CN(CC(=O)Nc1ccc(SN)c(C(F)(F)F)c1)C(=O)C(SC=O)=C1CCC(F)(F)CC1. The molecule has 176 valence electrons. The van der Waals surface area contributed by atoms with Crippen LogP contribution >= 0.6 is 23.7 Å². The summed E-state index contributed by atoms with van der Waals surface area (Å²) in [6, 6.07) is 3.08. The van der Waals surface area contributed by atoms with Crippen molar-refractivity contribution in [2.75, 3.05) is 18.9 Å². The molecule has 1 aromatic rings. The minimum atomic E-state index is -4.68. The fourth-order valence-corrected chi connectivity index (χ4v) is 4.24. The summed E-state index contributed by atoms with van der Waals surface area (Å²) >= 11 is 0.969. The van der Waals surface area contributed by atoms with Crippen molar-refractivity contribution in [3.8, 4) is 0 Å². The zero-order chi connectivity index (χ0) is 24.1. The first-order valence-corrected chi connectivity index (χ1v) is 11.0. The summed E-state index contributed by atoms with van der Waals surface area (Å²) in [4.78, 5) is 36.7. The second-order valence-electron chi connectivity index (χ2n) is 7.04. The molecule has 0 saturated heterocycles. The van der Waals surface area contributed by atoms with Crippen molar-refractivity contribution in [2.45, 2.75) is 42.7 Å². The van der Waals surface area contributed by atoms with E-state index in [0.717, 1.165) is 17.0 Å². The number of amides is 2. The Morgan fingerprint density at radius 2 is 1.88 bits per heavy atom. The highest BCUT2D eigenvalue weighted by molar-refractivity contribution is 8.16. The number of rotatable bonds is 7. The van der Waals surface area contributed by atoms with E-state index in [1.807, 2.05) is 0 Å². The van der Waals surface area contributed by atoms with Gasteiger partial charge in [-0.05, 0) is 54.8 Å². The summed E-state index contributed by atoms with van der Waals surface area (Å²) in [6.07, 6.45) is -5.68. The van der Waals surface area contributed by atoms with E-state index < -0.39 is 48.9 Å². The highest BCUT2D eigenvalue weighted by Crippen LogP contribution is 2.39. The van der Waals surface area contributed by atoms with Crippen LogP contribution in [0.4, 0.5) is 27.6 Å². The van der Waals surface area contributed by atoms with Crippen LogP contribution in [-0.2, 0) is 20.6 Å². The number of nitrogens with one attached hydrogen (secondary N) is 1. The predicted molar refractivity (Wildman–Crippen MR) is 113 cm³/mol. The van der Waals surface area contributed by atoms with Crippen molar-refractivity contribution in [1.82, 2.24) is 4.90 Å². The van der Waals surface area contributed by atoms with Crippen LogP contribution in [0.1, 0.15) is 31.2 Å². The van der Waals surface area contributed by atoms with Gasteiger partial charge in [0.05, 0.1) is 17.0 Å². The Balaban J connectivity index is 2.11. The lowest BCUT2D eigenvalue weighted by atomic mass is 9.91. The lowest BCUT2D eigenvalue weighted by Gasteiger charge is -2.26. The number of carbonyl (C=O) groups is 3. The van der Waals surface area contributed by atoms with Gasteiger partial charge in [0.1, 0.15) is 0 Å². The van der Waals surface area contributed by atoms with Gasteiger partial charge in [-0.3, -0.25) is 19.5 Å². The van der Waals surface area contributed by atoms with Crippen LogP contribution in [0.3, 0.4) is 0 Å². The van der Waals surface area contributed by atoms with Crippen molar-refractivity contribution in [3.05, 3.63) is 34.2 Å². The number of hydrogen-bond acceptors (Lipinski definition) is 6.